The van der Waals surface area contributed by atoms with E-state index in [9.17, 15) is 19.5 Å². The van der Waals surface area contributed by atoms with Crippen LogP contribution in [0, 0.1) is 0 Å². The van der Waals surface area contributed by atoms with Gasteiger partial charge in [-0.25, -0.2) is 0 Å². The lowest BCUT2D eigenvalue weighted by Crippen LogP contribution is -2.44. The summed E-state index contributed by atoms with van der Waals surface area (Å²) in [6.07, 6.45) is 84.9. The second kappa shape index (κ2) is 64.2. The SMILES string of the molecule is CC/C=C\C/C=C\C/C=C\C/C=C\C/C=C\C/C=C\CCCCCCCCCCCCCCCCCCCCCCC(=O)OC(COC(=O)CCCCCCCCCCC/C=C\C/C=C\CCCCC)COC(OCC[N+](C)(C)C)C(=O)[O-]. The number of carbonyl (C=O) groups is 3. The second-order valence-electron chi connectivity index (χ2n) is 24.1. The van der Waals surface area contributed by atoms with E-state index in [0.717, 1.165) is 77.0 Å². The third-order valence-electron chi connectivity index (χ3n) is 14.8. The first kappa shape index (κ1) is 79.2. The molecule has 9 heteroatoms. The van der Waals surface area contributed by atoms with Crippen LogP contribution in [0.5, 0.6) is 0 Å². The zero-order valence-corrected chi connectivity index (χ0v) is 54.5. The first-order valence-corrected chi connectivity index (χ1v) is 34.4. The summed E-state index contributed by atoms with van der Waals surface area (Å²) in [5.41, 5.74) is 0. The van der Waals surface area contributed by atoms with Crippen molar-refractivity contribution >= 4 is 17.9 Å². The van der Waals surface area contributed by atoms with Gasteiger partial charge in [0, 0.05) is 12.8 Å². The van der Waals surface area contributed by atoms with Gasteiger partial charge in [0.15, 0.2) is 12.4 Å². The summed E-state index contributed by atoms with van der Waals surface area (Å²) in [5, 5.41) is 11.8. The Morgan fingerprint density at radius 1 is 0.373 bits per heavy atom. The van der Waals surface area contributed by atoms with E-state index in [0.29, 0.717) is 17.4 Å². The Morgan fingerprint density at radius 2 is 0.687 bits per heavy atom. The van der Waals surface area contributed by atoms with Crippen molar-refractivity contribution in [2.75, 3.05) is 47.5 Å². The number of aliphatic carboxylic acids is 1. The highest BCUT2D eigenvalue weighted by Gasteiger charge is 2.22. The summed E-state index contributed by atoms with van der Waals surface area (Å²) in [7, 11) is 5.93. The summed E-state index contributed by atoms with van der Waals surface area (Å²) in [6.45, 7) is 4.63. The predicted molar refractivity (Wildman–Crippen MR) is 352 cm³/mol. The highest BCUT2D eigenvalue weighted by molar-refractivity contribution is 5.70. The topological polar surface area (TPSA) is 111 Å². The molecule has 0 amide bonds. The van der Waals surface area contributed by atoms with E-state index in [1.54, 1.807) is 0 Å². The van der Waals surface area contributed by atoms with E-state index in [4.69, 9.17) is 18.9 Å². The summed E-state index contributed by atoms with van der Waals surface area (Å²) in [6, 6.07) is 0. The molecule has 0 aliphatic carbocycles. The molecule has 0 aliphatic heterocycles. The van der Waals surface area contributed by atoms with Crippen molar-refractivity contribution < 1.29 is 42.9 Å². The second-order valence-corrected chi connectivity index (χ2v) is 24.1. The monoisotopic (exact) mass is 1160 g/mol. The number of esters is 2. The maximum absolute atomic E-state index is 12.9. The number of hydrogen-bond donors (Lipinski definition) is 0. The molecule has 478 valence electrons. The van der Waals surface area contributed by atoms with Crippen molar-refractivity contribution in [1.82, 2.24) is 0 Å². The lowest BCUT2D eigenvalue weighted by Gasteiger charge is -2.26. The fraction of sp³-hybridized carbons (Fsp3) is 0.743. The number of carboxylic acids is 1. The quantitative estimate of drug-likeness (QED) is 0.0195. The third kappa shape index (κ3) is 65.6. The van der Waals surface area contributed by atoms with Crippen molar-refractivity contribution in [3.05, 3.63) is 97.2 Å². The van der Waals surface area contributed by atoms with Crippen LogP contribution in [0.15, 0.2) is 97.2 Å². The highest BCUT2D eigenvalue weighted by atomic mass is 16.7. The van der Waals surface area contributed by atoms with Gasteiger partial charge in [-0.15, -0.1) is 0 Å². The molecule has 0 aromatic heterocycles. The summed E-state index contributed by atoms with van der Waals surface area (Å²) in [4.78, 5) is 37.4. The summed E-state index contributed by atoms with van der Waals surface area (Å²) >= 11 is 0. The average Bonchev–Trinajstić information content (AvgIpc) is 3.46. The van der Waals surface area contributed by atoms with Crippen molar-refractivity contribution in [3.8, 4) is 0 Å². The first-order valence-electron chi connectivity index (χ1n) is 34.4. The summed E-state index contributed by atoms with van der Waals surface area (Å²) < 4.78 is 22.8. The number of hydrogen-bond acceptors (Lipinski definition) is 8. The van der Waals surface area contributed by atoms with Crippen LogP contribution >= 0.6 is 0 Å². The molecule has 0 heterocycles. The fourth-order valence-corrected chi connectivity index (χ4v) is 9.57. The largest absolute Gasteiger partial charge is 0.545 e. The van der Waals surface area contributed by atoms with E-state index in [-0.39, 0.29) is 38.6 Å². The van der Waals surface area contributed by atoms with Crippen molar-refractivity contribution in [3.63, 3.8) is 0 Å². The number of carboxylic acid groups (broad SMARTS) is 1. The van der Waals surface area contributed by atoms with Crippen LogP contribution in [0.1, 0.15) is 296 Å². The molecule has 2 unspecified atom stereocenters. The molecule has 0 fully saturated rings. The van der Waals surface area contributed by atoms with Gasteiger partial charge in [0.05, 0.1) is 40.3 Å². The Labute approximate surface area is 512 Å². The van der Waals surface area contributed by atoms with Gasteiger partial charge in [-0.2, -0.15) is 0 Å². The maximum Gasteiger partial charge on any atom is 0.306 e. The van der Waals surface area contributed by atoms with Crippen molar-refractivity contribution in [2.45, 2.75) is 309 Å². The number of carbonyl (C=O) groups excluding carboxylic acids is 3. The van der Waals surface area contributed by atoms with Gasteiger partial charge in [0.25, 0.3) is 0 Å². The van der Waals surface area contributed by atoms with E-state index in [2.05, 4.69) is 111 Å². The number of likely N-dealkylation sites (N-methyl/N-ethyl adjacent to an activating group) is 1. The van der Waals surface area contributed by atoms with Crippen LogP contribution in [0.4, 0.5) is 0 Å². The third-order valence-corrected chi connectivity index (χ3v) is 14.8. The number of quaternary nitrogens is 1. The lowest BCUT2D eigenvalue weighted by atomic mass is 10.0. The van der Waals surface area contributed by atoms with Gasteiger partial charge < -0.3 is 33.3 Å². The van der Waals surface area contributed by atoms with Crippen molar-refractivity contribution in [2.24, 2.45) is 0 Å². The number of rotatable bonds is 63. The van der Waals surface area contributed by atoms with Crippen LogP contribution in [0.3, 0.4) is 0 Å². The van der Waals surface area contributed by atoms with Gasteiger partial charge in [-0.05, 0) is 96.3 Å². The molecule has 9 nitrogen and oxygen atoms in total. The number of unbranched alkanes of at least 4 members (excludes halogenated alkanes) is 32. The van der Waals surface area contributed by atoms with E-state index >= 15 is 0 Å². The van der Waals surface area contributed by atoms with Gasteiger partial charge >= 0.3 is 11.9 Å². The molecule has 0 aromatic rings. The fourth-order valence-electron chi connectivity index (χ4n) is 9.57. The normalized spacial score (nSPS) is 13.3. The minimum Gasteiger partial charge on any atom is -0.545 e. The highest BCUT2D eigenvalue weighted by Crippen LogP contribution is 2.17. The molecule has 0 saturated carbocycles. The Hall–Kier alpha value is -3.79. The maximum atomic E-state index is 12.9. The zero-order chi connectivity index (χ0) is 60.5. The standard InChI is InChI=1S/C74H129NO8/c1-6-8-10-12-14-16-18-20-22-24-26-27-28-29-30-31-32-33-34-35-36-37-38-39-40-41-42-43-44-45-47-49-51-53-55-57-59-61-63-65-72(77)83-70(69-82-74(73(78)79)80-67-66-75(3,4)5)68-81-71(76)64-62-60-58-56-54-52-50-48-46-25-23-21-19-17-15-13-11-9-7-2/h8,10,14-17,20-23,26-27,29-30,32-33,70,74H,6-7,9,11-13,18-19,24-25,28,31,34-69H2,1-5H3/b10-8-,16-14-,17-15-,22-20-,23-21-,27-26-,30-29-,33-32-. The van der Waals surface area contributed by atoms with Gasteiger partial charge in [0.1, 0.15) is 13.2 Å². The van der Waals surface area contributed by atoms with E-state index in [1.807, 2.05) is 21.1 Å². The molecule has 83 heavy (non-hydrogen) atoms. The predicted octanol–water partition coefficient (Wildman–Crippen LogP) is 19.9. The van der Waals surface area contributed by atoms with E-state index in [1.165, 1.54) is 186 Å². The molecule has 2 atom stereocenters. The van der Waals surface area contributed by atoms with Gasteiger partial charge in [-0.1, -0.05) is 284 Å². The smallest absolute Gasteiger partial charge is 0.306 e. The number of ether oxygens (including phenoxy) is 4. The number of allylic oxidation sites excluding steroid dienone is 16. The van der Waals surface area contributed by atoms with Crippen LogP contribution in [0.2, 0.25) is 0 Å². The Morgan fingerprint density at radius 3 is 1.02 bits per heavy atom. The Kier molecular flexibility index (Phi) is 61.3. The molecule has 0 aliphatic rings. The van der Waals surface area contributed by atoms with Crippen LogP contribution in [-0.2, 0) is 33.3 Å². The first-order chi connectivity index (χ1) is 40.6. The molecule has 0 radical (unpaired) electrons. The molecule has 0 N–H and O–H groups in total. The number of nitrogens with zero attached hydrogens (tertiary/aromatic N) is 1. The molecule has 0 saturated heterocycles. The minimum absolute atomic E-state index is 0.146. The molecule has 0 bridgehead atoms. The van der Waals surface area contributed by atoms with Gasteiger partial charge in [0.2, 0.25) is 0 Å². The Balaban J connectivity index is 4.03. The molecular weight excluding hydrogens is 1030 g/mol. The molecule has 0 rings (SSSR count). The summed E-state index contributed by atoms with van der Waals surface area (Å²) in [5.74, 6) is -2.28. The zero-order valence-electron chi connectivity index (χ0n) is 54.5. The van der Waals surface area contributed by atoms with Crippen molar-refractivity contribution in [1.29, 1.82) is 0 Å². The molecule has 0 aromatic carbocycles. The Bertz CT molecular complexity index is 1680. The minimum atomic E-state index is -1.62. The lowest BCUT2D eigenvalue weighted by molar-refractivity contribution is -0.870. The average molecular weight is 1160 g/mol. The molecule has 0 spiro atoms. The van der Waals surface area contributed by atoms with Gasteiger partial charge in [-0.3, -0.25) is 9.59 Å². The van der Waals surface area contributed by atoms with E-state index < -0.39 is 24.3 Å². The van der Waals surface area contributed by atoms with Crippen LogP contribution in [0.25, 0.3) is 0 Å². The van der Waals surface area contributed by atoms with Crippen LogP contribution in [-0.4, -0.2) is 82.3 Å². The van der Waals surface area contributed by atoms with Crippen LogP contribution < -0.4 is 5.11 Å². The molecular formula is C74H129NO8.